The largest absolute Gasteiger partial charge is 0.444 e. The molecule has 1 fully saturated rings. The Morgan fingerprint density at radius 1 is 0.778 bits per heavy atom. The minimum Gasteiger partial charge on any atom is -0.444 e. The zero-order valence-electron chi connectivity index (χ0n) is 26.0. The number of nitrogens with one attached hydrogen (secondary N) is 1. The van der Waals surface area contributed by atoms with Crippen LogP contribution in [-0.2, 0) is 27.4 Å². The van der Waals surface area contributed by atoms with Gasteiger partial charge in [-0.2, -0.15) is 0 Å². The highest BCUT2D eigenvalue weighted by molar-refractivity contribution is 5.87. The Labute approximate surface area is 262 Å². The Morgan fingerprint density at radius 2 is 1.29 bits per heavy atom. The van der Waals surface area contributed by atoms with E-state index in [1.807, 2.05) is 24.3 Å². The normalized spacial score (nSPS) is 16.0. The van der Waals surface area contributed by atoms with Gasteiger partial charge in [-0.1, -0.05) is 48.5 Å². The van der Waals surface area contributed by atoms with Crippen molar-refractivity contribution in [2.75, 3.05) is 26.2 Å². The average Bonchev–Trinajstić information content (AvgIpc) is 3.45. The molecule has 0 spiro atoms. The van der Waals surface area contributed by atoms with Crippen molar-refractivity contribution < 1.29 is 27.9 Å². The highest BCUT2D eigenvalue weighted by Crippen LogP contribution is 2.30. The van der Waals surface area contributed by atoms with Crippen LogP contribution in [0.1, 0.15) is 61.9 Å². The number of halogens is 2. The van der Waals surface area contributed by atoms with Gasteiger partial charge in [0.05, 0.1) is 6.04 Å². The maximum absolute atomic E-state index is 13.7. The second kappa shape index (κ2) is 13.8. The Kier molecular flexibility index (Phi) is 9.82. The SMILES string of the molecule is CC(C)(C)OC(=O)N[C@@H](CCC(=O)N1CCN(C(c2ccc(F)cc2)c2ccc(F)cc2)CC1)C(=O)N1Cc2ccccc2C1. The summed E-state index contributed by atoms with van der Waals surface area (Å²) in [6, 6.07) is 19.3. The number of nitrogens with zero attached hydrogens (tertiary/aromatic N) is 3. The van der Waals surface area contributed by atoms with Gasteiger partial charge in [-0.05, 0) is 73.7 Å². The molecule has 0 unspecified atom stereocenters. The Bertz CT molecular complexity index is 1430. The number of hydrogen-bond acceptors (Lipinski definition) is 5. The first kappa shape index (κ1) is 32.1. The first-order valence-corrected chi connectivity index (χ1v) is 15.3. The Hall–Kier alpha value is -4.31. The van der Waals surface area contributed by atoms with Crippen LogP contribution in [0.25, 0.3) is 0 Å². The molecular formula is C35H40F2N4O4. The lowest BCUT2D eigenvalue weighted by molar-refractivity contribution is -0.136. The molecule has 10 heteroatoms. The predicted molar refractivity (Wildman–Crippen MR) is 166 cm³/mol. The molecule has 238 valence electrons. The fourth-order valence-corrected chi connectivity index (χ4v) is 5.98. The minimum absolute atomic E-state index is 0.0757. The number of carbonyl (C=O) groups excluding carboxylic acids is 3. The molecule has 5 rings (SSSR count). The summed E-state index contributed by atoms with van der Waals surface area (Å²) in [4.78, 5) is 45.3. The van der Waals surface area contributed by atoms with Crippen molar-refractivity contribution in [3.8, 4) is 0 Å². The van der Waals surface area contributed by atoms with Crippen LogP contribution in [0.5, 0.6) is 0 Å². The lowest BCUT2D eigenvalue weighted by atomic mass is 9.96. The van der Waals surface area contributed by atoms with Gasteiger partial charge < -0.3 is 19.9 Å². The van der Waals surface area contributed by atoms with Gasteiger partial charge in [0, 0.05) is 45.7 Å². The summed E-state index contributed by atoms with van der Waals surface area (Å²) in [5, 5.41) is 2.72. The maximum atomic E-state index is 13.7. The standard InChI is InChI=1S/C35H40F2N4O4/c1-35(2,3)45-34(44)38-30(33(43)41-22-26-6-4-5-7-27(26)23-41)16-17-31(42)39-18-20-40(21-19-39)32(24-8-12-28(36)13-9-24)25-10-14-29(37)15-11-25/h4-15,30,32H,16-23H2,1-3H3,(H,38,44)/t30-/m0/s1. The van der Waals surface area contributed by atoms with Gasteiger partial charge in [-0.25, -0.2) is 13.6 Å². The molecule has 8 nitrogen and oxygen atoms in total. The lowest BCUT2D eigenvalue weighted by Crippen LogP contribution is -2.51. The van der Waals surface area contributed by atoms with Gasteiger partial charge in [0.25, 0.3) is 0 Å². The van der Waals surface area contributed by atoms with Crippen LogP contribution < -0.4 is 5.32 Å². The maximum Gasteiger partial charge on any atom is 0.408 e. The highest BCUT2D eigenvalue weighted by atomic mass is 19.1. The molecule has 2 aliphatic heterocycles. The Morgan fingerprint density at radius 3 is 1.78 bits per heavy atom. The molecule has 0 radical (unpaired) electrons. The first-order valence-electron chi connectivity index (χ1n) is 15.3. The molecule has 2 heterocycles. The number of alkyl carbamates (subject to hydrolysis) is 1. The third kappa shape index (κ3) is 8.25. The van der Waals surface area contributed by atoms with E-state index in [1.165, 1.54) is 24.3 Å². The third-order valence-corrected chi connectivity index (χ3v) is 8.19. The smallest absolute Gasteiger partial charge is 0.408 e. The summed E-state index contributed by atoms with van der Waals surface area (Å²) in [5.41, 5.74) is 3.14. The first-order chi connectivity index (χ1) is 21.5. The zero-order chi connectivity index (χ0) is 32.1. The molecule has 0 bridgehead atoms. The van der Waals surface area contributed by atoms with E-state index in [0.29, 0.717) is 39.3 Å². The molecular weight excluding hydrogens is 578 g/mol. The molecule has 3 aromatic rings. The van der Waals surface area contributed by atoms with E-state index in [2.05, 4.69) is 10.2 Å². The summed E-state index contributed by atoms with van der Waals surface area (Å²) in [5.74, 6) is -1.03. The molecule has 45 heavy (non-hydrogen) atoms. The van der Waals surface area contributed by atoms with E-state index in [9.17, 15) is 23.2 Å². The van der Waals surface area contributed by atoms with Crippen LogP contribution in [0.4, 0.5) is 13.6 Å². The highest BCUT2D eigenvalue weighted by Gasteiger charge is 2.33. The van der Waals surface area contributed by atoms with Crippen LogP contribution in [0, 0.1) is 11.6 Å². The number of amides is 3. The number of ether oxygens (including phenoxy) is 1. The number of benzene rings is 3. The number of fused-ring (bicyclic) bond motifs is 1. The third-order valence-electron chi connectivity index (χ3n) is 8.19. The van der Waals surface area contributed by atoms with E-state index in [4.69, 9.17) is 4.74 Å². The summed E-state index contributed by atoms with van der Waals surface area (Å²) in [6.07, 6.45) is -0.490. The number of rotatable bonds is 8. The van der Waals surface area contributed by atoms with Crippen LogP contribution in [0.15, 0.2) is 72.8 Å². The summed E-state index contributed by atoms with van der Waals surface area (Å²) in [7, 11) is 0. The van der Waals surface area contributed by atoms with Crippen LogP contribution in [0.2, 0.25) is 0 Å². The van der Waals surface area contributed by atoms with Gasteiger partial charge in [0.15, 0.2) is 0 Å². The van der Waals surface area contributed by atoms with E-state index in [-0.39, 0.29) is 42.3 Å². The topological polar surface area (TPSA) is 82.2 Å². The number of carbonyl (C=O) groups is 3. The van der Waals surface area contributed by atoms with Crippen molar-refractivity contribution in [3.63, 3.8) is 0 Å². The second-order valence-corrected chi connectivity index (χ2v) is 12.6. The van der Waals surface area contributed by atoms with Crippen LogP contribution >= 0.6 is 0 Å². The fourth-order valence-electron chi connectivity index (χ4n) is 5.98. The van der Waals surface area contributed by atoms with Crippen molar-refractivity contribution in [2.24, 2.45) is 0 Å². The van der Waals surface area contributed by atoms with E-state index in [1.54, 1.807) is 54.8 Å². The monoisotopic (exact) mass is 618 g/mol. The van der Waals surface area contributed by atoms with Crippen molar-refractivity contribution in [3.05, 3.63) is 107 Å². The zero-order valence-corrected chi connectivity index (χ0v) is 26.0. The van der Waals surface area contributed by atoms with Gasteiger partial charge >= 0.3 is 6.09 Å². The molecule has 2 aliphatic rings. The van der Waals surface area contributed by atoms with Gasteiger partial charge in [0.1, 0.15) is 23.3 Å². The van der Waals surface area contributed by atoms with Gasteiger partial charge in [0.2, 0.25) is 11.8 Å². The van der Waals surface area contributed by atoms with E-state index >= 15 is 0 Å². The summed E-state index contributed by atoms with van der Waals surface area (Å²) >= 11 is 0. The number of piperazine rings is 1. The second-order valence-electron chi connectivity index (χ2n) is 12.6. The quantitative estimate of drug-likeness (QED) is 0.365. The summed E-state index contributed by atoms with van der Waals surface area (Å²) < 4.78 is 32.8. The van der Waals surface area contributed by atoms with Gasteiger partial charge in [-0.3, -0.25) is 14.5 Å². The molecule has 3 aromatic carbocycles. The van der Waals surface area contributed by atoms with Crippen LogP contribution in [0.3, 0.4) is 0 Å². The Balaban J connectivity index is 1.22. The molecule has 0 aliphatic carbocycles. The molecule has 1 saturated heterocycles. The van der Waals surface area contributed by atoms with E-state index < -0.39 is 17.7 Å². The van der Waals surface area contributed by atoms with Gasteiger partial charge in [-0.15, -0.1) is 0 Å². The van der Waals surface area contributed by atoms with Crippen molar-refractivity contribution >= 4 is 17.9 Å². The molecule has 0 saturated carbocycles. The number of hydrogen-bond donors (Lipinski definition) is 1. The van der Waals surface area contributed by atoms with Crippen molar-refractivity contribution in [2.45, 2.75) is 64.4 Å². The van der Waals surface area contributed by atoms with Crippen molar-refractivity contribution in [1.29, 1.82) is 0 Å². The minimum atomic E-state index is -0.916. The average molecular weight is 619 g/mol. The molecule has 1 atom stereocenters. The molecule has 1 N–H and O–H groups in total. The molecule has 3 amide bonds. The fraction of sp³-hybridized carbons (Fsp3) is 0.400. The summed E-state index contributed by atoms with van der Waals surface area (Å²) in [6.45, 7) is 8.16. The van der Waals surface area contributed by atoms with E-state index in [0.717, 1.165) is 22.3 Å². The lowest BCUT2D eigenvalue weighted by Gasteiger charge is -2.40. The molecule has 0 aromatic heterocycles. The van der Waals surface area contributed by atoms with Crippen molar-refractivity contribution in [1.82, 2.24) is 20.0 Å². The van der Waals surface area contributed by atoms with Crippen LogP contribution in [-0.4, -0.2) is 70.4 Å². The predicted octanol–water partition coefficient (Wildman–Crippen LogP) is 5.41.